The van der Waals surface area contributed by atoms with Crippen LogP contribution in [0.25, 0.3) is 0 Å². The van der Waals surface area contributed by atoms with E-state index in [1.54, 1.807) is 13.0 Å². The molecule has 0 bridgehead atoms. The highest BCUT2D eigenvalue weighted by atomic mass is 19.4. The number of aryl methyl sites for hydroxylation is 1. The van der Waals surface area contributed by atoms with Crippen LogP contribution in [0.15, 0.2) is 36.4 Å². The molecule has 1 aliphatic carbocycles. The summed E-state index contributed by atoms with van der Waals surface area (Å²) in [6, 6.07) is 5.64. The Hall–Kier alpha value is -3.15. The highest BCUT2D eigenvalue weighted by Crippen LogP contribution is 2.38. The zero-order chi connectivity index (χ0) is 29.4. The average Bonchev–Trinajstić information content (AvgIpc) is 3.66. The van der Waals surface area contributed by atoms with E-state index in [1.165, 1.54) is 19.2 Å². The van der Waals surface area contributed by atoms with E-state index >= 15 is 0 Å². The van der Waals surface area contributed by atoms with E-state index < -0.39 is 53.6 Å². The van der Waals surface area contributed by atoms with Gasteiger partial charge in [0.05, 0.1) is 17.7 Å². The Labute approximate surface area is 227 Å². The molecular weight excluding hydrogens is 543 g/mol. The number of hydrogen-bond donors (Lipinski definition) is 1. The molecule has 1 heterocycles. The van der Waals surface area contributed by atoms with Gasteiger partial charge in [-0.05, 0) is 79.8 Å². The number of benzene rings is 2. The van der Waals surface area contributed by atoms with E-state index in [-0.39, 0.29) is 30.1 Å². The fourth-order valence-electron chi connectivity index (χ4n) is 5.28. The first-order chi connectivity index (χ1) is 18.6. The van der Waals surface area contributed by atoms with Gasteiger partial charge in [-0.1, -0.05) is 6.07 Å². The van der Waals surface area contributed by atoms with Gasteiger partial charge in [0.1, 0.15) is 5.82 Å². The Kier molecular flexibility index (Phi) is 8.49. The van der Waals surface area contributed by atoms with Crippen LogP contribution in [0.3, 0.4) is 0 Å². The first-order valence-electron chi connectivity index (χ1n) is 12.9. The monoisotopic (exact) mass is 573 g/mol. The third-order valence-corrected chi connectivity index (χ3v) is 7.40. The van der Waals surface area contributed by atoms with Gasteiger partial charge in [-0.2, -0.15) is 26.3 Å². The second kappa shape index (κ2) is 11.4. The second-order valence-corrected chi connectivity index (χ2v) is 10.7. The smallest absolute Gasteiger partial charge is 0.352 e. The normalized spacial score (nSPS) is 20.3. The minimum Gasteiger partial charge on any atom is -0.352 e. The van der Waals surface area contributed by atoms with Gasteiger partial charge >= 0.3 is 12.4 Å². The van der Waals surface area contributed by atoms with Crippen LogP contribution in [0.2, 0.25) is 0 Å². The zero-order valence-electron chi connectivity index (χ0n) is 22.0. The second-order valence-electron chi connectivity index (χ2n) is 10.7. The number of likely N-dealkylation sites (tertiary alicyclic amines) is 1. The van der Waals surface area contributed by atoms with Crippen LogP contribution in [0.1, 0.15) is 53.0 Å². The Morgan fingerprint density at radius 2 is 1.60 bits per heavy atom. The van der Waals surface area contributed by atoms with Crippen LogP contribution in [0, 0.1) is 18.7 Å². The molecule has 1 saturated heterocycles. The summed E-state index contributed by atoms with van der Waals surface area (Å²) in [6.45, 7) is 2.04. The van der Waals surface area contributed by atoms with Crippen molar-refractivity contribution in [2.75, 3.05) is 26.7 Å². The van der Waals surface area contributed by atoms with Crippen molar-refractivity contribution in [3.8, 4) is 0 Å². The molecule has 218 valence electrons. The van der Waals surface area contributed by atoms with Crippen molar-refractivity contribution >= 4 is 11.8 Å². The van der Waals surface area contributed by atoms with E-state index in [0.717, 1.165) is 17.7 Å². The molecule has 5 nitrogen and oxygen atoms in total. The molecule has 1 N–H and O–H groups in total. The van der Waals surface area contributed by atoms with Crippen LogP contribution < -0.4 is 5.32 Å². The molecule has 40 heavy (non-hydrogen) atoms. The third-order valence-electron chi connectivity index (χ3n) is 7.40. The predicted octanol–water partition coefficient (Wildman–Crippen LogP) is 5.51. The maximum Gasteiger partial charge on any atom is 0.416 e. The van der Waals surface area contributed by atoms with Crippen molar-refractivity contribution in [1.82, 2.24) is 15.1 Å². The highest BCUT2D eigenvalue weighted by molar-refractivity contribution is 5.81. The molecular formula is C28H30F7N3O2. The lowest BCUT2D eigenvalue weighted by molar-refractivity contribution is -0.143. The Morgan fingerprint density at radius 3 is 2.15 bits per heavy atom. The maximum atomic E-state index is 13.9. The number of nitrogens with one attached hydrogen (secondary N) is 1. The molecule has 2 aromatic rings. The van der Waals surface area contributed by atoms with Gasteiger partial charge in [-0.3, -0.25) is 14.5 Å². The SMILES string of the molecule is Cc1cc(F)ccc1C1CN(CC(=O)NC2CC2)CCC1C(=O)N(C)Cc1cc(C(F)(F)F)cc(C(F)(F)F)c1. The minimum absolute atomic E-state index is 0.0494. The molecule has 2 atom stereocenters. The summed E-state index contributed by atoms with van der Waals surface area (Å²) in [5, 5.41) is 2.92. The van der Waals surface area contributed by atoms with Crippen LogP contribution >= 0.6 is 0 Å². The minimum atomic E-state index is -5.00. The van der Waals surface area contributed by atoms with Gasteiger partial charge in [-0.15, -0.1) is 0 Å². The van der Waals surface area contributed by atoms with Crippen molar-refractivity contribution in [1.29, 1.82) is 0 Å². The van der Waals surface area contributed by atoms with Gasteiger partial charge in [0.25, 0.3) is 0 Å². The van der Waals surface area contributed by atoms with Crippen LogP contribution in [-0.4, -0.2) is 54.3 Å². The van der Waals surface area contributed by atoms with E-state index in [0.29, 0.717) is 42.8 Å². The van der Waals surface area contributed by atoms with Gasteiger partial charge in [0.2, 0.25) is 11.8 Å². The number of carbonyl (C=O) groups excluding carboxylic acids is 2. The first kappa shape index (κ1) is 29.8. The number of carbonyl (C=O) groups is 2. The molecule has 2 fully saturated rings. The molecule has 0 spiro atoms. The molecule has 2 amide bonds. The fraction of sp³-hybridized carbons (Fsp3) is 0.500. The molecule has 0 radical (unpaired) electrons. The van der Waals surface area contributed by atoms with Crippen LogP contribution in [-0.2, 0) is 28.5 Å². The number of amides is 2. The lowest BCUT2D eigenvalue weighted by Gasteiger charge is -2.40. The van der Waals surface area contributed by atoms with Gasteiger partial charge in [0, 0.05) is 38.0 Å². The summed E-state index contributed by atoms with van der Waals surface area (Å²) >= 11 is 0. The molecule has 2 aromatic carbocycles. The fourth-order valence-corrected chi connectivity index (χ4v) is 5.28. The standard InChI is InChI=1S/C28H30F7N3O2/c1-16-9-20(29)3-6-22(16)24-14-38(15-25(39)36-21-4-5-21)8-7-23(24)26(40)37(2)13-17-10-18(27(30,31)32)12-19(11-17)28(33,34)35/h3,6,9-12,21,23-24H,4-5,7-8,13-15H2,1-2H3,(H,36,39). The highest BCUT2D eigenvalue weighted by Gasteiger charge is 2.39. The quantitative estimate of drug-likeness (QED) is 0.445. The van der Waals surface area contributed by atoms with Crippen LogP contribution in [0.5, 0.6) is 0 Å². The molecule has 4 rings (SSSR count). The Morgan fingerprint density at radius 1 is 0.975 bits per heavy atom. The van der Waals surface area contributed by atoms with Crippen LogP contribution in [0.4, 0.5) is 30.7 Å². The molecule has 1 saturated carbocycles. The van der Waals surface area contributed by atoms with Crippen molar-refractivity contribution in [2.24, 2.45) is 5.92 Å². The van der Waals surface area contributed by atoms with Gasteiger partial charge < -0.3 is 10.2 Å². The summed E-state index contributed by atoms with van der Waals surface area (Å²) < 4.78 is 93.8. The van der Waals surface area contributed by atoms with Gasteiger partial charge in [-0.25, -0.2) is 4.39 Å². The van der Waals surface area contributed by atoms with E-state index in [9.17, 15) is 40.3 Å². The predicted molar refractivity (Wildman–Crippen MR) is 133 cm³/mol. The molecule has 2 aliphatic rings. The summed E-state index contributed by atoms with van der Waals surface area (Å²) in [5.74, 6) is -2.19. The molecule has 0 aromatic heterocycles. The first-order valence-corrected chi connectivity index (χ1v) is 12.9. The lowest BCUT2D eigenvalue weighted by atomic mass is 9.78. The van der Waals surface area contributed by atoms with Crippen molar-refractivity contribution in [3.63, 3.8) is 0 Å². The summed E-state index contributed by atoms with van der Waals surface area (Å²) in [5.41, 5.74) is -1.91. The third kappa shape index (κ3) is 7.32. The number of rotatable bonds is 7. The number of alkyl halides is 6. The number of halogens is 7. The van der Waals surface area contributed by atoms with E-state index in [4.69, 9.17) is 0 Å². The number of nitrogens with zero attached hydrogens (tertiary/aromatic N) is 2. The Bertz CT molecular complexity index is 1230. The Balaban J connectivity index is 1.57. The summed E-state index contributed by atoms with van der Waals surface area (Å²) in [6.07, 6.45) is -7.83. The van der Waals surface area contributed by atoms with Crippen molar-refractivity contribution < 1.29 is 40.3 Å². The van der Waals surface area contributed by atoms with Crippen molar-refractivity contribution in [2.45, 2.75) is 57.0 Å². The van der Waals surface area contributed by atoms with E-state index in [2.05, 4.69) is 5.32 Å². The number of hydrogen-bond acceptors (Lipinski definition) is 3. The topological polar surface area (TPSA) is 52.7 Å². The van der Waals surface area contributed by atoms with E-state index in [1.807, 2.05) is 4.90 Å². The maximum absolute atomic E-state index is 13.9. The van der Waals surface area contributed by atoms with Crippen molar-refractivity contribution in [3.05, 3.63) is 70.0 Å². The largest absolute Gasteiger partial charge is 0.416 e. The van der Waals surface area contributed by atoms with Gasteiger partial charge in [0.15, 0.2) is 0 Å². The number of piperidine rings is 1. The molecule has 12 heteroatoms. The zero-order valence-corrected chi connectivity index (χ0v) is 22.0. The average molecular weight is 574 g/mol. The summed E-state index contributed by atoms with van der Waals surface area (Å²) in [7, 11) is 1.33. The summed E-state index contributed by atoms with van der Waals surface area (Å²) in [4.78, 5) is 29.0. The molecule has 2 unspecified atom stereocenters. The molecule has 1 aliphatic heterocycles. The lowest BCUT2D eigenvalue weighted by Crippen LogP contribution is -2.48.